The molecule has 0 radical (unpaired) electrons. The number of hydrogen-bond donors (Lipinski definition) is 1. The zero-order valence-corrected chi connectivity index (χ0v) is 20.8. The van der Waals surface area contributed by atoms with Crippen LogP contribution in [0.25, 0.3) is 33.4 Å². The molecule has 0 spiro atoms. The number of ether oxygens (including phenoxy) is 2. The molecule has 1 amide bonds. The largest absolute Gasteiger partial charge is 0.471 e. The first-order chi connectivity index (χ1) is 18.6. The molecule has 0 bridgehead atoms. The molecular weight excluding hydrogens is 511 g/mol. The first-order valence-corrected chi connectivity index (χ1v) is 11.6. The van der Waals surface area contributed by atoms with Crippen LogP contribution in [-0.2, 0) is 14.3 Å². The highest BCUT2D eigenvalue weighted by Gasteiger charge is 2.39. The van der Waals surface area contributed by atoms with Crippen LogP contribution < -0.4 is 5.32 Å². The maximum absolute atomic E-state index is 13.0. The summed E-state index contributed by atoms with van der Waals surface area (Å²) in [5.41, 5.74) is 3.25. The molecular formula is C30H22F3NO5. The number of rotatable bonds is 6. The van der Waals surface area contributed by atoms with Gasteiger partial charge in [-0.15, -0.1) is 0 Å². The van der Waals surface area contributed by atoms with Crippen molar-refractivity contribution in [3.8, 4) is 33.4 Å². The third kappa shape index (κ3) is 5.82. The van der Waals surface area contributed by atoms with E-state index in [1.165, 1.54) is 26.4 Å². The molecule has 0 aromatic heterocycles. The number of methoxy groups -OCH3 is 2. The molecule has 0 fully saturated rings. The average Bonchev–Trinajstić information content (AvgIpc) is 2.95. The zero-order valence-electron chi connectivity index (χ0n) is 20.8. The zero-order chi connectivity index (χ0) is 28.2. The van der Waals surface area contributed by atoms with Crippen molar-refractivity contribution in [1.29, 1.82) is 0 Å². The lowest BCUT2D eigenvalue weighted by atomic mass is 9.89. The molecule has 9 heteroatoms. The maximum atomic E-state index is 13.0. The van der Waals surface area contributed by atoms with Gasteiger partial charge in [0.1, 0.15) is 0 Å². The van der Waals surface area contributed by atoms with Crippen LogP contribution in [0, 0.1) is 0 Å². The Kier molecular flexibility index (Phi) is 7.80. The summed E-state index contributed by atoms with van der Waals surface area (Å²) in [7, 11) is 2.51. The van der Waals surface area contributed by atoms with Gasteiger partial charge in [0.25, 0.3) is 0 Å². The number of amides is 1. The van der Waals surface area contributed by atoms with Gasteiger partial charge in [-0.05, 0) is 64.2 Å². The summed E-state index contributed by atoms with van der Waals surface area (Å²) in [6, 6.07) is 24.6. The summed E-state index contributed by atoms with van der Waals surface area (Å²) in [6.07, 6.45) is -5.08. The summed E-state index contributed by atoms with van der Waals surface area (Å²) >= 11 is 0. The van der Waals surface area contributed by atoms with E-state index in [2.05, 4.69) is 0 Å². The van der Waals surface area contributed by atoms with Crippen LogP contribution in [0.4, 0.5) is 18.9 Å². The standard InChI is InChI=1S/C30H22F3NO5/c1-38-27(35)24-12-5-3-9-21(24)18-15-19(22-10-4-6-13-25(22)28(36)39-2)17-20(16-18)23-11-7-8-14-26(23)34-29(37)30(31,32)33/h3-17H,1-2H3,(H,34,37). The second-order valence-corrected chi connectivity index (χ2v) is 8.37. The van der Waals surface area contributed by atoms with Gasteiger partial charge in [0, 0.05) is 11.3 Å². The van der Waals surface area contributed by atoms with Gasteiger partial charge in [-0.25, -0.2) is 9.59 Å². The minimum Gasteiger partial charge on any atom is -0.465 e. The van der Waals surface area contributed by atoms with Crippen molar-refractivity contribution in [2.24, 2.45) is 0 Å². The number of carbonyl (C=O) groups is 3. The molecule has 1 N–H and O–H groups in total. The van der Waals surface area contributed by atoms with E-state index in [0.717, 1.165) is 0 Å². The Bertz CT molecular complexity index is 1480. The van der Waals surface area contributed by atoms with E-state index in [4.69, 9.17) is 9.47 Å². The topological polar surface area (TPSA) is 81.7 Å². The van der Waals surface area contributed by atoms with Crippen LogP contribution in [0.5, 0.6) is 0 Å². The Morgan fingerprint density at radius 1 is 0.615 bits per heavy atom. The number of carbonyl (C=O) groups excluding carboxylic acids is 3. The lowest BCUT2D eigenvalue weighted by Gasteiger charge is -2.17. The summed E-state index contributed by atoms with van der Waals surface area (Å²) in [4.78, 5) is 36.8. The predicted molar refractivity (Wildman–Crippen MR) is 140 cm³/mol. The second kappa shape index (κ2) is 11.2. The average molecular weight is 534 g/mol. The maximum Gasteiger partial charge on any atom is 0.471 e. The lowest BCUT2D eigenvalue weighted by molar-refractivity contribution is -0.167. The number of anilines is 1. The number of nitrogens with one attached hydrogen (secondary N) is 1. The minimum atomic E-state index is -5.08. The van der Waals surface area contributed by atoms with Crippen molar-refractivity contribution in [2.45, 2.75) is 6.18 Å². The van der Waals surface area contributed by atoms with Crippen molar-refractivity contribution >= 4 is 23.5 Å². The van der Waals surface area contributed by atoms with Gasteiger partial charge in [-0.2, -0.15) is 13.2 Å². The van der Waals surface area contributed by atoms with Gasteiger partial charge >= 0.3 is 24.0 Å². The highest BCUT2D eigenvalue weighted by atomic mass is 19.4. The number of halogens is 3. The first-order valence-electron chi connectivity index (χ1n) is 11.6. The van der Waals surface area contributed by atoms with Crippen molar-refractivity contribution in [3.63, 3.8) is 0 Å². The molecule has 0 unspecified atom stereocenters. The molecule has 6 nitrogen and oxygen atoms in total. The molecule has 0 saturated heterocycles. The highest BCUT2D eigenvalue weighted by molar-refractivity contribution is 6.02. The Labute approximate surface area is 222 Å². The Morgan fingerprint density at radius 3 is 1.44 bits per heavy atom. The van der Waals surface area contributed by atoms with E-state index in [1.807, 2.05) is 5.32 Å². The number of para-hydroxylation sites is 1. The lowest BCUT2D eigenvalue weighted by Crippen LogP contribution is -2.30. The van der Waals surface area contributed by atoms with E-state index >= 15 is 0 Å². The van der Waals surface area contributed by atoms with Crippen molar-refractivity contribution in [1.82, 2.24) is 0 Å². The quantitative estimate of drug-likeness (QED) is 0.277. The molecule has 39 heavy (non-hydrogen) atoms. The van der Waals surface area contributed by atoms with E-state index in [9.17, 15) is 27.6 Å². The molecule has 198 valence electrons. The fourth-order valence-corrected chi connectivity index (χ4v) is 4.18. The van der Waals surface area contributed by atoms with E-state index in [1.54, 1.807) is 78.9 Å². The third-order valence-electron chi connectivity index (χ3n) is 5.96. The third-order valence-corrected chi connectivity index (χ3v) is 5.96. The SMILES string of the molecule is COC(=O)c1ccccc1-c1cc(-c2ccccc2NC(=O)C(F)(F)F)cc(-c2ccccc2C(=O)OC)c1. The van der Waals surface area contributed by atoms with E-state index in [-0.39, 0.29) is 16.8 Å². The van der Waals surface area contributed by atoms with Crippen LogP contribution in [0.1, 0.15) is 20.7 Å². The predicted octanol–water partition coefficient (Wildman–Crippen LogP) is 6.76. The monoisotopic (exact) mass is 533 g/mol. The fourth-order valence-electron chi connectivity index (χ4n) is 4.18. The number of esters is 2. The molecule has 0 saturated carbocycles. The molecule has 0 heterocycles. The van der Waals surface area contributed by atoms with Crippen LogP contribution >= 0.6 is 0 Å². The summed E-state index contributed by atoms with van der Waals surface area (Å²) in [5, 5.41) is 1.93. The normalized spacial score (nSPS) is 11.0. The number of alkyl halides is 3. The molecule has 4 aromatic rings. The van der Waals surface area contributed by atoms with E-state index in [0.29, 0.717) is 33.4 Å². The van der Waals surface area contributed by atoms with Crippen LogP contribution in [-0.4, -0.2) is 38.2 Å². The molecule has 0 atom stereocenters. The number of benzene rings is 4. The molecule has 4 rings (SSSR count). The van der Waals surface area contributed by atoms with Gasteiger partial charge in [0.15, 0.2) is 0 Å². The Morgan fingerprint density at radius 2 is 1.00 bits per heavy atom. The summed E-state index contributed by atoms with van der Waals surface area (Å²) < 4.78 is 49.0. The molecule has 0 aliphatic carbocycles. The Hall–Kier alpha value is -4.92. The van der Waals surface area contributed by atoms with Gasteiger partial charge in [0.2, 0.25) is 0 Å². The second-order valence-electron chi connectivity index (χ2n) is 8.37. The summed E-state index contributed by atoms with van der Waals surface area (Å²) in [5.74, 6) is -3.27. The highest BCUT2D eigenvalue weighted by Crippen LogP contribution is 2.38. The molecule has 0 aliphatic rings. The van der Waals surface area contributed by atoms with Crippen molar-refractivity contribution < 1.29 is 37.0 Å². The summed E-state index contributed by atoms with van der Waals surface area (Å²) in [6.45, 7) is 0. The van der Waals surface area contributed by atoms with Crippen LogP contribution in [0.15, 0.2) is 91.0 Å². The van der Waals surface area contributed by atoms with Crippen molar-refractivity contribution in [3.05, 3.63) is 102 Å². The van der Waals surface area contributed by atoms with Crippen LogP contribution in [0.3, 0.4) is 0 Å². The van der Waals surface area contributed by atoms with E-state index < -0.39 is 24.0 Å². The minimum absolute atomic E-state index is 0.0644. The smallest absolute Gasteiger partial charge is 0.465 e. The Balaban J connectivity index is 1.99. The van der Waals surface area contributed by atoms with Crippen LogP contribution in [0.2, 0.25) is 0 Å². The first kappa shape index (κ1) is 27.1. The van der Waals surface area contributed by atoms with Gasteiger partial charge in [0.05, 0.1) is 25.3 Å². The van der Waals surface area contributed by atoms with Gasteiger partial charge < -0.3 is 14.8 Å². The van der Waals surface area contributed by atoms with Gasteiger partial charge in [-0.3, -0.25) is 4.79 Å². The van der Waals surface area contributed by atoms with Gasteiger partial charge in [-0.1, -0.05) is 54.6 Å². The molecule has 4 aromatic carbocycles. The fraction of sp³-hybridized carbons (Fsp3) is 0.100. The van der Waals surface area contributed by atoms with Crippen molar-refractivity contribution in [2.75, 3.05) is 19.5 Å². The number of hydrogen-bond acceptors (Lipinski definition) is 5. The molecule has 0 aliphatic heterocycles.